The van der Waals surface area contributed by atoms with Crippen LogP contribution >= 0.6 is 0 Å². The predicted octanol–water partition coefficient (Wildman–Crippen LogP) is 4.08. The summed E-state index contributed by atoms with van der Waals surface area (Å²) in [5.74, 6) is -0.179. The molecular formula is C22H33FN2O4. The van der Waals surface area contributed by atoms with Crippen molar-refractivity contribution < 1.29 is 23.5 Å². The Labute approximate surface area is 173 Å². The van der Waals surface area contributed by atoms with E-state index in [4.69, 9.17) is 9.53 Å². The maximum Gasteiger partial charge on any atom is 0.410 e. The van der Waals surface area contributed by atoms with Crippen molar-refractivity contribution in [1.29, 1.82) is 0 Å². The van der Waals surface area contributed by atoms with Gasteiger partial charge in [-0.05, 0) is 51.3 Å². The zero-order valence-electron chi connectivity index (χ0n) is 17.0. The van der Waals surface area contributed by atoms with E-state index in [2.05, 4.69) is 5.32 Å². The molecule has 0 aromatic heterocycles. The number of alkyl halides is 1. The van der Waals surface area contributed by atoms with Gasteiger partial charge in [0.2, 0.25) is 0 Å². The highest BCUT2D eigenvalue weighted by Gasteiger charge is 2.29. The van der Waals surface area contributed by atoms with Gasteiger partial charge in [-0.25, -0.2) is 9.18 Å². The predicted molar refractivity (Wildman–Crippen MR) is 113 cm³/mol. The van der Waals surface area contributed by atoms with E-state index in [0.29, 0.717) is 24.1 Å². The molecule has 1 atom stereocenters. The number of hydrogen-bond donors (Lipinski definition) is 1. The number of likely N-dealkylation sites (tertiary alicyclic amines) is 1. The number of piperidine rings is 1. The Kier molecular flexibility index (Phi) is 10.9. The minimum atomic E-state index is -1.24. The average molecular weight is 409 g/mol. The zero-order valence-corrected chi connectivity index (χ0v) is 17.0. The summed E-state index contributed by atoms with van der Waals surface area (Å²) in [5.41, 5.74) is 1.52. The van der Waals surface area contributed by atoms with Gasteiger partial charge in [-0.15, -0.1) is 0 Å². The Balaban J connectivity index is 0.00000253. The Morgan fingerprint density at radius 2 is 1.93 bits per heavy atom. The molecule has 0 spiro atoms. The number of nitrogens with one attached hydrogen (secondary N) is 1. The van der Waals surface area contributed by atoms with E-state index in [-0.39, 0.29) is 26.4 Å². The molecule has 0 aliphatic carbocycles. The number of hydrogen-bond acceptors (Lipinski definition) is 4. The second-order valence-corrected chi connectivity index (χ2v) is 7.45. The lowest BCUT2D eigenvalue weighted by molar-refractivity contribution is -0.0980. The van der Waals surface area contributed by atoms with Crippen LogP contribution < -0.4 is 5.32 Å². The molecule has 1 aliphatic rings. The molecule has 7 heteroatoms. The van der Waals surface area contributed by atoms with Crippen LogP contribution in [0.4, 0.5) is 9.18 Å². The first-order valence-corrected chi connectivity index (χ1v) is 9.11. The van der Waals surface area contributed by atoms with Gasteiger partial charge in [0.05, 0.1) is 6.54 Å². The molecule has 1 saturated heterocycles. The van der Waals surface area contributed by atoms with Crippen LogP contribution in [0.5, 0.6) is 0 Å². The fraction of sp³-hybridized carbons (Fsp3) is 0.500. The van der Waals surface area contributed by atoms with E-state index in [1.54, 1.807) is 32.9 Å². The van der Waals surface area contributed by atoms with E-state index >= 15 is 0 Å². The van der Waals surface area contributed by atoms with Crippen LogP contribution in [0.25, 0.3) is 0 Å². The van der Waals surface area contributed by atoms with Crippen molar-refractivity contribution in [2.45, 2.75) is 53.3 Å². The topological polar surface area (TPSA) is 75.7 Å². The summed E-state index contributed by atoms with van der Waals surface area (Å²) < 4.78 is 19.6. The Bertz CT molecular complexity index is 713. The van der Waals surface area contributed by atoms with Gasteiger partial charge in [0.25, 0.3) is 5.91 Å². The number of nitrogens with zero attached hydrogens (tertiary/aromatic N) is 1. The summed E-state index contributed by atoms with van der Waals surface area (Å²) in [6, 6.07) is 7.32. The van der Waals surface area contributed by atoms with Crippen molar-refractivity contribution in [1.82, 2.24) is 10.2 Å². The normalized spacial score (nSPS) is 17.5. The lowest BCUT2D eigenvalue weighted by Gasteiger charge is -2.32. The van der Waals surface area contributed by atoms with Crippen LogP contribution in [0.1, 0.15) is 50.5 Å². The van der Waals surface area contributed by atoms with E-state index in [9.17, 15) is 14.0 Å². The standard InChI is InChI=1S/C20H27FN2O3.CH2O.CH4/c1-14-7-5-6-8-16(14)18(24)22-11-9-15-10-12-23(13-17(15)21)19(25)26-20(2,3)4;1-2;/h5-9,17H,10-13H2,1-4H3,(H,22,24);1H2;1H4/b15-9+;;. The third kappa shape index (κ3) is 8.46. The summed E-state index contributed by atoms with van der Waals surface area (Å²) in [4.78, 5) is 33.6. The first kappa shape index (κ1) is 26.3. The molecule has 29 heavy (non-hydrogen) atoms. The summed E-state index contributed by atoms with van der Waals surface area (Å²) in [6.45, 7) is 9.87. The number of carbonyl (C=O) groups is 3. The molecule has 1 aromatic carbocycles. The summed E-state index contributed by atoms with van der Waals surface area (Å²) in [6.07, 6.45) is 0.396. The Morgan fingerprint density at radius 3 is 2.48 bits per heavy atom. The molecule has 2 rings (SSSR count). The van der Waals surface area contributed by atoms with Crippen molar-refractivity contribution in [3.8, 4) is 0 Å². The quantitative estimate of drug-likeness (QED) is 0.765. The Morgan fingerprint density at radius 1 is 1.31 bits per heavy atom. The van der Waals surface area contributed by atoms with Crippen LogP contribution in [0.3, 0.4) is 0 Å². The number of aryl methyl sites for hydroxylation is 1. The smallest absolute Gasteiger partial charge is 0.410 e. The maximum atomic E-state index is 14.4. The lowest BCUT2D eigenvalue weighted by Crippen LogP contribution is -2.44. The lowest BCUT2D eigenvalue weighted by atomic mass is 10.0. The van der Waals surface area contributed by atoms with Crippen molar-refractivity contribution >= 4 is 18.8 Å². The molecule has 1 aliphatic heterocycles. The average Bonchev–Trinajstić information content (AvgIpc) is 2.63. The fourth-order valence-electron chi connectivity index (χ4n) is 2.74. The minimum absolute atomic E-state index is 0. The highest BCUT2D eigenvalue weighted by atomic mass is 19.1. The molecule has 0 radical (unpaired) electrons. The van der Waals surface area contributed by atoms with Crippen molar-refractivity contribution in [3.05, 3.63) is 47.0 Å². The Hall–Kier alpha value is -2.70. The molecule has 1 unspecified atom stereocenters. The third-order valence-corrected chi connectivity index (χ3v) is 4.12. The number of rotatable bonds is 3. The number of amides is 2. The van der Waals surface area contributed by atoms with Gasteiger partial charge < -0.3 is 19.7 Å². The highest BCUT2D eigenvalue weighted by Crippen LogP contribution is 2.21. The van der Waals surface area contributed by atoms with Crippen LogP contribution in [0.2, 0.25) is 0 Å². The molecule has 0 saturated carbocycles. The summed E-state index contributed by atoms with van der Waals surface area (Å²) in [7, 11) is 0. The van der Waals surface area contributed by atoms with Crippen LogP contribution in [-0.2, 0) is 9.53 Å². The van der Waals surface area contributed by atoms with Gasteiger partial charge in [0.1, 0.15) is 18.6 Å². The van der Waals surface area contributed by atoms with Gasteiger partial charge in [-0.1, -0.05) is 31.7 Å². The number of carbonyl (C=O) groups excluding carboxylic acids is 3. The second kappa shape index (κ2) is 12.0. The molecule has 6 nitrogen and oxygen atoms in total. The zero-order chi connectivity index (χ0) is 21.3. The maximum absolute atomic E-state index is 14.4. The molecular weight excluding hydrogens is 375 g/mol. The molecule has 0 bridgehead atoms. The van der Waals surface area contributed by atoms with Crippen molar-refractivity contribution in [2.24, 2.45) is 0 Å². The van der Waals surface area contributed by atoms with Crippen LogP contribution in [0.15, 0.2) is 35.9 Å². The minimum Gasteiger partial charge on any atom is -0.444 e. The molecule has 1 N–H and O–H groups in total. The van der Waals surface area contributed by atoms with Gasteiger partial charge in [0, 0.05) is 18.7 Å². The van der Waals surface area contributed by atoms with Gasteiger partial charge >= 0.3 is 6.09 Å². The number of benzene rings is 1. The molecule has 1 aromatic rings. The SMILES string of the molecule is C.C=O.Cc1ccccc1C(=O)NC/C=C1\CCN(C(=O)OC(C)(C)C)CC1F. The first-order chi connectivity index (χ1) is 13.2. The molecule has 1 fully saturated rings. The van der Waals surface area contributed by atoms with E-state index in [1.807, 2.05) is 31.9 Å². The third-order valence-electron chi connectivity index (χ3n) is 4.12. The number of halogens is 1. The van der Waals surface area contributed by atoms with Crippen LogP contribution in [0, 0.1) is 6.92 Å². The molecule has 1 heterocycles. The molecule has 162 valence electrons. The van der Waals surface area contributed by atoms with Crippen molar-refractivity contribution in [2.75, 3.05) is 19.6 Å². The first-order valence-electron chi connectivity index (χ1n) is 9.11. The summed E-state index contributed by atoms with van der Waals surface area (Å²) in [5, 5.41) is 2.79. The van der Waals surface area contributed by atoms with Crippen LogP contribution in [-0.4, -0.2) is 55.1 Å². The van der Waals surface area contributed by atoms with E-state index in [0.717, 1.165) is 5.56 Å². The second-order valence-electron chi connectivity index (χ2n) is 7.45. The van der Waals surface area contributed by atoms with Gasteiger partial charge in [-0.3, -0.25) is 4.79 Å². The number of ether oxygens (including phenoxy) is 1. The van der Waals surface area contributed by atoms with Crippen molar-refractivity contribution in [3.63, 3.8) is 0 Å². The van der Waals surface area contributed by atoms with E-state index < -0.39 is 17.9 Å². The largest absolute Gasteiger partial charge is 0.444 e. The summed E-state index contributed by atoms with van der Waals surface area (Å²) >= 11 is 0. The highest BCUT2D eigenvalue weighted by molar-refractivity contribution is 5.95. The monoisotopic (exact) mass is 408 g/mol. The fourth-order valence-corrected chi connectivity index (χ4v) is 2.74. The van der Waals surface area contributed by atoms with E-state index in [1.165, 1.54) is 4.90 Å². The van der Waals surface area contributed by atoms with Gasteiger partial charge in [0.15, 0.2) is 0 Å². The van der Waals surface area contributed by atoms with Gasteiger partial charge in [-0.2, -0.15) is 0 Å². The molecule has 2 amide bonds.